The summed E-state index contributed by atoms with van der Waals surface area (Å²) in [5.74, 6) is 1.81. The molecule has 2 aliphatic rings. The Morgan fingerprint density at radius 1 is 1.27 bits per heavy atom. The van der Waals surface area contributed by atoms with Gasteiger partial charge < -0.3 is 19.3 Å². The van der Waals surface area contributed by atoms with Crippen LogP contribution in [0.25, 0.3) is 0 Å². The monoisotopic (exact) mass is 312 g/mol. The van der Waals surface area contributed by atoms with Crippen molar-refractivity contribution in [1.82, 2.24) is 0 Å². The molecule has 0 saturated heterocycles. The maximum Gasteiger partial charge on any atom is 0.305 e. The number of aliphatic hydroxyl groups is 1. The van der Waals surface area contributed by atoms with Crippen molar-refractivity contribution in [2.45, 2.75) is 38.2 Å². The molecule has 126 valence electrons. The number of hydrogen-bond acceptors (Lipinski definition) is 5. The molecule has 5 atom stereocenters. The van der Waals surface area contributed by atoms with E-state index in [0.29, 0.717) is 37.6 Å². The molecule has 0 spiro atoms. The van der Waals surface area contributed by atoms with E-state index in [1.807, 2.05) is 6.08 Å². The molecule has 5 heteroatoms. The van der Waals surface area contributed by atoms with Gasteiger partial charge in [0.15, 0.2) is 0 Å². The number of aliphatic hydroxyl groups excluding tert-OH is 1. The average molecular weight is 312 g/mol. The van der Waals surface area contributed by atoms with Crippen LogP contribution in [-0.2, 0) is 19.0 Å². The highest BCUT2D eigenvalue weighted by atomic mass is 16.7. The second-order valence-corrected chi connectivity index (χ2v) is 6.46. The number of ether oxygens (including phenoxy) is 3. The lowest BCUT2D eigenvalue weighted by molar-refractivity contribution is -0.140. The molecule has 0 aromatic rings. The minimum absolute atomic E-state index is 0.121. The fourth-order valence-electron chi connectivity index (χ4n) is 4.11. The van der Waals surface area contributed by atoms with E-state index in [-0.39, 0.29) is 18.0 Å². The fraction of sp³-hybridized carbons (Fsp3) is 0.824. The third-order valence-electron chi connectivity index (χ3n) is 5.09. The van der Waals surface area contributed by atoms with Crippen LogP contribution in [0.4, 0.5) is 0 Å². The van der Waals surface area contributed by atoms with Gasteiger partial charge in [-0.1, -0.05) is 12.2 Å². The highest BCUT2D eigenvalue weighted by Crippen LogP contribution is 2.51. The summed E-state index contributed by atoms with van der Waals surface area (Å²) in [5, 5.41) is 10.2. The molecule has 2 rings (SSSR count). The fourth-order valence-corrected chi connectivity index (χ4v) is 4.11. The van der Waals surface area contributed by atoms with Crippen molar-refractivity contribution in [2.24, 2.45) is 23.7 Å². The van der Waals surface area contributed by atoms with Gasteiger partial charge in [0, 0.05) is 19.4 Å². The first-order chi connectivity index (χ1) is 10.7. The SMILES string of the molecule is COCOC/C=C/[C@@H]1[C@H]2CC(CCC(=O)OC)C[C@H]2C[C@H]1O. The van der Waals surface area contributed by atoms with Crippen LogP contribution < -0.4 is 0 Å². The van der Waals surface area contributed by atoms with E-state index in [2.05, 4.69) is 6.08 Å². The summed E-state index contributed by atoms with van der Waals surface area (Å²) < 4.78 is 14.8. The molecule has 0 aromatic carbocycles. The van der Waals surface area contributed by atoms with Crippen molar-refractivity contribution < 1.29 is 24.1 Å². The molecule has 2 aliphatic carbocycles. The molecule has 0 radical (unpaired) electrons. The lowest BCUT2D eigenvalue weighted by Crippen LogP contribution is -2.18. The van der Waals surface area contributed by atoms with E-state index in [0.717, 1.165) is 25.7 Å². The average Bonchev–Trinajstić information content (AvgIpc) is 3.02. The zero-order valence-corrected chi connectivity index (χ0v) is 13.6. The van der Waals surface area contributed by atoms with E-state index in [9.17, 15) is 9.90 Å². The predicted molar refractivity (Wildman–Crippen MR) is 82.0 cm³/mol. The summed E-state index contributed by atoms with van der Waals surface area (Å²) in [4.78, 5) is 11.3. The molecule has 0 bridgehead atoms. The molecule has 1 N–H and O–H groups in total. The minimum atomic E-state index is -0.241. The van der Waals surface area contributed by atoms with E-state index in [1.165, 1.54) is 7.11 Å². The van der Waals surface area contributed by atoms with Gasteiger partial charge in [-0.25, -0.2) is 0 Å². The third-order valence-corrected chi connectivity index (χ3v) is 5.09. The number of methoxy groups -OCH3 is 2. The first-order valence-electron chi connectivity index (χ1n) is 8.14. The number of carbonyl (C=O) groups is 1. The Morgan fingerprint density at radius 2 is 2.09 bits per heavy atom. The van der Waals surface area contributed by atoms with Crippen LogP contribution in [0, 0.1) is 23.7 Å². The molecule has 0 amide bonds. The van der Waals surface area contributed by atoms with E-state index in [4.69, 9.17) is 14.2 Å². The van der Waals surface area contributed by atoms with Gasteiger partial charge in [-0.05, 0) is 43.4 Å². The van der Waals surface area contributed by atoms with Gasteiger partial charge in [-0.3, -0.25) is 4.79 Å². The van der Waals surface area contributed by atoms with Gasteiger partial charge in [0.2, 0.25) is 0 Å². The third kappa shape index (κ3) is 4.54. The van der Waals surface area contributed by atoms with E-state index >= 15 is 0 Å². The molecular formula is C17H28O5. The largest absolute Gasteiger partial charge is 0.469 e. The maximum absolute atomic E-state index is 11.3. The summed E-state index contributed by atoms with van der Waals surface area (Å²) >= 11 is 0. The van der Waals surface area contributed by atoms with Crippen molar-refractivity contribution in [3.63, 3.8) is 0 Å². The number of esters is 1. The topological polar surface area (TPSA) is 65.0 Å². The van der Waals surface area contributed by atoms with Crippen molar-refractivity contribution in [3.8, 4) is 0 Å². The van der Waals surface area contributed by atoms with Gasteiger partial charge in [-0.2, -0.15) is 0 Å². The first kappa shape index (κ1) is 17.4. The lowest BCUT2D eigenvalue weighted by Gasteiger charge is -2.18. The Balaban J connectivity index is 1.79. The van der Waals surface area contributed by atoms with E-state index < -0.39 is 0 Å². The predicted octanol–water partition coefficient (Wildman–Crippen LogP) is 2.14. The summed E-state index contributed by atoms with van der Waals surface area (Å²) in [6.45, 7) is 0.805. The number of fused-ring (bicyclic) bond motifs is 1. The summed E-state index contributed by atoms with van der Waals surface area (Å²) in [6, 6.07) is 0. The normalized spacial score (nSPS) is 34.2. The van der Waals surface area contributed by atoms with Crippen LogP contribution in [0.5, 0.6) is 0 Å². The highest BCUT2D eigenvalue weighted by Gasteiger charge is 2.46. The van der Waals surface area contributed by atoms with Gasteiger partial charge in [0.1, 0.15) is 6.79 Å². The molecule has 5 nitrogen and oxygen atoms in total. The Labute approximate surface area is 132 Å². The number of rotatable bonds is 8. The molecule has 2 saturated carbocycles. The molecule has 1 unspecified atom stereocenters. The Morgan fingerprint density at radius 3 is 2.82 bits per heavy atom. The molecule has 0 aromatic heterocycles. The van der Waals surface area contributed by atoms with Crippen molar-refractivity contribution in [2.75, 3.05) is 27.6 Å². The Hall–Kier alpha value is -0.910. The molecule has 0 heterocycles. The van der Waals surface area contributed by atoms with Crippen LogP contribution in [0.3, 0.4) is 0 Å². The number of hydrogen-bond donors (Lipinski definition) is 1. The van der Waals surface area contributed by atoms with Gasteiger partial charge in [-0.15, -0.1) is 0 Å². The van der Waals surface area contributed by atoms with Gasteiger partial charge >= 0.3 is 5.97 Å². The molecule has 0 aliphatic heterocycles. The van der Waals surface area contributed by atoms with E-state index in [1.54, 1.807) is 7.11 Å². The highest BCUT2D eigenvalue weighted by molar-refractivity contribution is 5.69. The van der Waals surface area contributed by atoms with Crippen LogP contribution in [-0.4, -0.2) is 44.8 Å². The summed E-state index contributed by atoms with van der Waals surface area (Å²) in [6.07, 6.45) is 8.38. The smallest absolute Gasteiger partial charge is 0.305 e. The zero-order chi connectivity index (χ0) is 15.9. The summed E-state index contributed by atoms with van der Waals surface area (Å²) in [5.41, 5.74) is 0. The van der Waals surface area contributed by atoms with Gasteiger partial charge in [0.25, 0.3) is 0 Å². The second kappa shape index (κ2) is 8.65. The van der Waals surface area contributed by atoms with Crippen LogP contribution in [0.15, 0.2) is 12.2 Å². The lowest BCUT2D eigenvalue weighted by atomic mass is 9.89. The zero-order valence-electron chi connectivity index (χ0n) is 13.6. The number of carbonyl (C=O) groups excluding carboxylic acids is 1. The molecule has 2 fully saturated rings. The quantitative estimate of drug-likeness (QED) is 0.322. The van der Waals surface area contributed by atoms with Crippen molar-refractivity contribution in [1.29, 1.82) is 0 Å². The Kier molecular flexibility index (Phi) is 6.86. The van der Waals surface area contributed by atoms with Crippen LogP contribution in [0.1, 0.15) is 32.1 Å². The van der Waals surface area contributed by atoms with Crippen molar-refractivity contribution in [3.05, 3.63) is 12.2 Å². The standard InChI is InChI=1S/C17H28O5/c1-20-11-22-7-3-4-14-15-9-12(5-6-17(19)21-2)8-13(15)10-16(14)18/h3-4,12-16,18H,5-11H2,1-2H3/b4-3+/t12?,13-,14+,15-,16+/m0/s1. The Bertz CT molecular complexity index is 381. The van der Waals surface area contributed by atoms with Crippen molar-refractivity contribution >= 4 is 5.97 Å². The second-order valence-electron chi connectivity index (χ2n) is 6.46. The summed E-state index contributed by atoms with van der Waals surface area (Å²) in [7, 11) is 3.04. The first-order valence-corrected chi connectivity index (χ1v) is 8.14. The van der Waals surface area contributed by atoms with Crippen LogP contribution in [0.2, 0.25) is 0 Å². The van der Waals surface area contributed by atoms with Crippen LogP contribution >= 0.6 is 0 Å². The molecular weight excluding hydrogens is 284 g/mol. The molecule has 22 heavy (non-hydrogen) atoms. The van der Waals surface area contributed by atoms with Gasteiger partial charge in [0.05, 0.1) is 19.8 Å². The maximum atomic E-state index is 11.3. The minimum Gasteiger partial charge on any atom is -0.469 e.